The van der Waals surface area contributed by atoms with Crippen molar-refractivity contribution in [2.45, 2.75) is 58.3 Å². The molecular formula is C18H26O. The van der Waals surface area contributed by atoms with Gasteiger partial charge in [-0.2, -0.15) is 0 Å². The Labute approximate surface area is 117 Å². The summed E-state index contributed by atoms with van der Waals surface area (Å²) in [5.74, 6) is 1.91. The first-order valence-electron chi connectivity index (χ1n) is 7.65. The fraction of sp³-hybridized carbons (Fsp3) is 0.667. The van der Waals surface area contributed by atoms with Gasteiger partial charge < -0.3 is 4.74 Å². The molecule has 0 aliphatic heterocycles. The maximum Gasteiger partial charge on any atom is 0.122 e. The third-order valence-electron chi connectivity index (χ3n) is 5.88. The molecule has 1 heteroatoms. The number of hydrogen-bond donors (Lipinski definition) is 0. The molecule has 2 aliphatic carbocycles. The topological polar surface area (TPSA) is 9.23 Å². The van der Waals surface area contributed by atoms with Crippen LogP contribution >= 0.6 is 0 Å². The normalized spacial score (nSPS) is 32.3. The van der Waals surface area contributed by atoms with E-state index in [2.05, 4.69) is 39.0 Å². The molecule has 1 fully saturated rings. The Balaban J connectivity index is 2.13. The van der Waals surface area contributed by atoms with Gasteiger partial charge >= 0.3 is 0 Å². The average Bonchev–Trinajstić information content (AvgIpc) is 2.37. The van der Waals surface area contributed by atoms with Crippen molar-refractivity contribution < 1.29 is 4.74 Å². The van der Waals surface area contributed by atoms with Crippen LogP contribution in [0.5, 0.6) is 5.75 Å². The number of benzene rings is 1. The molecule has 1 saturated carbocycles. The van der Waals surface area contributed by atoms with Gasteiger partial charge in [-0.25, -0.2) is 0 Å². The summed E-state index contributed by atoms with van der Waals surface area (Å²) in [7, 11) is 1.80. The fourth-order valence-corrected chi connectivity index (χ4v) is 4.99. The number of ether oxygens (including phenoxy) is 1. The summed E-state index contributed by atoms with van der Waals surface area (Å²) in [6, 6.07) is 6.65. The lowest BCUT2D eigenvalue weighted by atomic mass is 9.50. The highest BCUT2D eigenvalue weighted by Gasteiger charge is 2.49. The van der Waals surface area contributed by atoms with Crippen LogP contribution in [-0.4, -0.2) is 7.11 Å². The Bertz CT molecular complexity index is 488. The minimum atomic E-state index is 0.351. The summed E-state index contributed by atoms with van der Waals surface area (Å²) in [6.07, 6.45) is 6.57. The molecule has 2 atom stereocenters. The maximum absolute atomic E-state index is 5.59. The molecule has 0 radical (unpaired) electrons. The first-order valence-corrected chi connectivity index (χ1v) is 7.65. The van der Waals surface area contributed by atoms with Gasteiger partial charge in [-0.15, -0.1) is 0 Å². The Hall–Kier alpha value is -0.980. The van der Waals surface area contributed by atoms with Crippen LogP contribution < -0.4 is 4.74 Å². The van der Waals surface area contributed by atoms with E-state index in [1.165, 1.54) is 37.7 Å². The molecule has 2 aliphatic rings. The second kappa shape index (κ2) is 4.26. The molecule has 1 aromatic rings. The van der Waals surface area contributed by atoms with Crippen LogP contribution in [0, 0.1) is 11.3 Å². The molecule has 0 heterocycles. The minimum Gasteiger partial charge on any atom is -0.496 e. The lowest BCUT2D eigenvalue weighted by Gasteiger charge is -2.54. The lowest BCUT2D eigenvalue weighted by Crippen LogP contribution is -2.47. The fourth-order valence-electron chi connectivity index (χ4n) is 4.99. The summed E-state index contributed by atoms with van der Waals surface area (Å²) < 4.78 is 5.59. The van der Waals surface area contributed by atoms with Crippen molar-refractivity contribution in [3.05, 3.63) is 29.3 Å². The Morgan fingerprint density at radius 3 is 2.68 bits per heavy atom. The molecular weight excluding hydrogens is 232 g/mol. The van der Waals surface area contributed by atoms with E-state index >= 15 is 0 Å². The number of rotatable bonds is 1. The number of fused-ring (bicyclic) bond motifs is 3. The quantitative estimate of drug-likeness (QED) is 0.708. The first kappa shape index (κ1) is 13.0. The Morgan fingerprint density at radius 2 is 1.95 bits per heavy atom. The Morgan fingerprint density at radius 1 is 1.16 bits per heavy atom. The Kier molecular flexibility index (Phi) is 2.92. The van der Waals surface area contributed by atoms with Crippen molar-refractivity contribution in [1.82, 2.24) is 0 Å². The maximum atomic E-state index is 5.59. The number of methoxy groups -OCH3 is 1. The standard InChI is InChI=1S/C18H26O/c1-17(2)11-6-12-18(3)14-7-5-8-15(19-4)13(14)9-10-16(17)18/h5,7-8,16H,6,9-12H2,1-4H3/t16-,18-/m0/s1. The molecule has 0 N–H and O–H groups in total. The van der Waals surface area contributed by atoms with Crippen LogP contribution in [0.25, 0.3) is 0 Å². The van der Waals surface area contributed by atoms with Gasteiger partial charge in [-0.1, -0.05) is 39.3 Å². The molecule has 19 heavy (non-hydrogen) atoms. The SMILES string of the molecule is COc1cccc2c1CC[C@H]1C(C)(C)CCC[C@@]21C. The highest BCUT2D eigenvalue weighted by Crippen LogP contribution is 2.57. The summed E-state index contributed by atoms with van der Waals surface area (Å²) in [5, 5.41) is 0. The van der Waals surface area contributed by atoms with Gasteiger partial charge in [0.25, 0.3) is 0 Å². The second-order valence-electron chi connectivity index (χ2n) is 7.34. The largest absolute Gasteiger partial charge is 0.496 e. The van der Waals surface area contributed by atoms with Crippen molar-refractivity contribution in [2.75, 3.05) is 7.11 Å². The van der Waals surface area contributed by atoms with Crippen LogP contribution in [-0.2, 0) is 11.8 Å². The van der Waals surface area contributed by atoms with Gasteiger partial charge in [0.15, 0.2) is 0 Å². The van der Waals surface area contributed by atoms with Crippen LogP contribution in [0.1, 0.15) is 57.6 Å². The van der Waals surface area contributed by atoms with E-state index in [4.69, 9.17) is 4.74 Å². The van der Waals surface area contributed by atoms with Crippen LogP contribution in [0.4, 0.5) is 0 Å². The predicted octanol–water partition coefficient (Wildman–Crippen LogP) is 4.73. The molecule has 3 rings (SSSR count). The smallest absolute Gasteiger partial charge is 0.122 e. The van der Waals surface area contributed by atoms with Gasteiger partial charge in [-0.3, -0.25) is 0 Å². The highest BCUT2D eigenvalue weighted by molar-refractivity contribution is 5.47. The summed E-state index contributed by atoms with van der Waals surface area (Å²) >= 11 is 0. The van der Waals surface area contributed by atoms with Crippen LogP contribution in [0.15, 0.2) is 18.2 Å². The van der Waals surface area contributed by atoms with E-state index in [0.717, 1.165) is 11.7 Å². The van der Waals surface area contributed by atoms with Gasteiger partial charge in [0.1, 0.15) is 5.75 Å². The van der Waals surface area contributed by atoms with Crippen molar-refractivity contribution in [3.63, 3.8) is 0 Å². The molecule has 0 amide bonds. The second-order valence-corrected chi connectivity index (χ2v) is 7.34. The number of hydrogen-bond acceptors (Lipinski definition) is 1. The van der Waals surface area contributed by atoms with E-state index in [-0.39, 0.29) is 0 Å². The van der Waals surface area contributed by atoms with E-state index < -0.39 is 0 Å². The third-order valence-corrected chi connectivity index (χ3v) is 5.88. The zero-order valence-corrected chi connectivity index (χ0v) is 12.8. The van der Waals surface area contributed by atoms with Gasteiger partial charge in [0, 0.05) is 0 Å². The summed E-state index contributed by atoms with van der Waals surface area (Å²) in [6.45, 7) is 7.44. The van der Waals surface area contributed by atoms with E-state index in [1.54, 1.807) is 12.7 Å². The average molecular weight is 258 g/mol. The molecule has 1 aromatic carbocycles. The molecule has 0 bridgehead atoms. The van der Waals surface area contributed by atoms with Crippen LogP contribution in [0.3, 0.4) is 0 Å². The zero-order chi connectivity index (χ0) is 13.7. The monoisotopic (exact) mass is 258 g/mol. The minimum absolute atomic E-state index is 0.351. The van der Waals surface area contributed by atoms with Crippen molar-refractivity contribution in [1.29, 1.82) is 0 Å². The molecule has 1 nitrogen and oxygen atoms in total. The molecule has 0 aromatic heterocycles. The molecule has 0 unspecified atom stereocenters. The highest BCUT2D eigenvalue weighted by atomic mass is 16.5. The van der Waals surface area contributed by atoms with E-state index in [0.29, 0.717) is 10.8 Å². The van der Waals surface area contributed by atoms with Gasteiger partial charge in [-0.05, 0) is 59.6 Å². The van der Waals surface area contributed by atoms with Crippen molar-refractivity contribution in [3.8, 4) is 5.75 Å². The lowest BCUT2D eigenvalue weighted by molar-refractivity contribution is 0.0402. The third kappa shape index (κ3) is 1.81. The molecule has 0 saturated heterocycles. The van der Waals surface area contributed by atoms with Crippen molar-refractivity contribution >= 4 is 0 Å². The van der Waals surface area contributed by atoms with Gasteiger partial charge in [0.2, 0.25) is 0 Å². The zero-order valence-electron chi connectivity index (χ0n) is 12.8. The van der Waals surface area contributed by atoms with Crippen molar-refractivity contribution in [2.24, 2.45) is 11.3 Å². The predicted molar refractivity (Wildman–Crippen MR) is 79.8 cm³/mol. The van der Waals surface area contributed by atoms with Crippen LogP contribution in [0.2, 0.25) is 0 Å². The van der Waals surface area contributed by atoms with E-state index in [1.807, 2.05) is 0 Å². The summed E-state index contributed by atoms with van der Waals surface area (Å²) in [4.78, 5) is 0. The first-order chi connectivity index (χ1) is 8.99. The van der Waals surface area contributed by atoms with Gasteiger partial charge in [0.05, 0.1) is 7.11 Å². The molecule has 0 spiro atoms. The van der Waals surface area contributed by atoms with E-state index in [9.17, 15) is 0 Å². The molecule has 104 valence electrons. The summed E-state index contributed by atoms with van der Waals surface area (Å²) in [5.41, 5.74) is 3.87.